The minimum Gasteiger partial charge on any atom is -0.319 e. The largest absolute Gasteiger partial charge is 0.319 e. The molecule has 0 aliphatic rings. The molecule has 0 saturated carbocycles. The summed E-state index contributed by atoms with van der Waals surface area (Å²) in [6.45, 7) is 0. The lowest BCUT2D eigenvalue weighted by Crippen LogP contribution is -2.19. The standard InChI is InChI=1S/C12H4ClF5N2O/c13-4-1-2-19-3-5(4)20-12(21)6-7(14)9(16)11(18)10(17)8(6)15/h1-3H,(H,20,21). The Labute approximate surface area is 119 Å². The van der Waals surface area contributed by atoms with Crippen LogP contribution in [0.25, 0.3) is 0 Å². The number of benzene rings is 1. The number of amides is 1. The van der Waals surface area contributed by atoms with E-state index in [4.69, 9.17) is 11.6 Å². The predicted octanol–water partition coefficient (Wildman–Crippen LogP) is 3.68. The van der Waals surface area contributed by atoms with E-state index in [2.05, 4.69) is 4.98 Å². The maximum absolute atomic E-state index is 13.4. The highest BCUT2D eigenvalue weighted by molar-refractivity contribution is 6.33. The lowest BCUT2D eigenvalue weighted by Gasteiger charge is -2.09. The molecule has 21 heavy (non-hydrogen) atoms. The van der Waals surface area contributed by atoms with Crippen LogP contribution in [-0.2, 0) is 0 Å². The summed E-state index contributed by atoms with van der Waals surface area (Å²) >= 11 is 5.67. The van der Waals surface area contributed by atoms with Crippen LogP contribution in [-0.4, -0.2) is 10.9 Å². The van der Waals surface area contributed by atoms with Crippen molar-refractivity contribution >= 4 is 23.2 Å². The van der Waals surface area contributed by atoms with Gasteiger partial charge in [-0.1, -0.05) is 11.6 Å². The Morgan fingerprint density at radius 2 is 1.52 bits per heavy atom. The first-order valence-electron chi connectivity index (χ1n) is 5.27. The van der Waals surface area contributed by atoms with Crippen LogP contribution in [0.2, 0.25) is 5.02 Å². The quantitative estimate of drug-likeness (QED) is 0.520. The summed E-state index contributed by atoms with van der Waals surface area (Å²) in [7, 11) is 0. The summed E-state index contributed by atoms with van der Waals surface area (Å²) in [6, 6.07) is 1.26. The van der Waals surface area contributed by atoms with Crippen molar-refractivity contribution in [1.82, 2.24) is 4.98 Å². The Morgan fingerprint density at radius 1 is 1.00 bits per heavy atom. The SMILES string of the molecule is O=C(Nc1cnccc1Cl)c1c(F)c(F)c(F)c(F)c1F. The van der Waals surface area contributed by atoms with Crippen molar-refractivity contribution in [2.24, 2.45) is 0 Å². The van der Waals surface area contributed by atoms with Crippen molar-refractivity contribution < 1.29 is 26.7 Å². The first-order chi connectivity index (χ1) is 9.84. The molecule has 2 rings (SSSR count). The molecular formula is C12H4ClF5N2O. The molecule has 1 aromatic heterocycles. The Morgan fingerprint density at radius 3 is 2.05 bits per heavy atom. The van der Waals surface area contributed by atoms with Crippen LogP contribution in [0.15, 0.2) is 18.5 Å². The fourth-order valence-corrected chi connectivity index (χ4v) is 1.61. The van der Waals surface area contributed by atoms with Crippen molar-refractivity contribution in [1.29, 1.82) is 0 Å². The van der Waals surface area contributed by atoms with Gasteiger partial charge in [-0.05, 0) is 6.07 Å². The number of nitrogens with one attached hydrogen (secondary N) is 1. The highest BCUT2D eigenvalue weighted by Gasteiger charge is 2.29. The van der Waals surface area contributed by atoms with Crippen molar-refractivity contribution in [3.05, 3.63) is 58.1 Å². The fraction of sp³-hybridized carbons (Fsp3) is 0. The molecule has 0 saturated heterocycles. The lowest BCUT2D eigenvalue weighted by atomic mass is 10.1. The molecule has 0 bridgehead atoms. The molecule has 110 valence electrons. The van der Waals surface area contributed by atoms with E-state index in [0.29, 0.717) is 0 Å². The second kappa shape index (κ2) is 5.65. The topological polar surface area (TPSA) is 42.0 Å². The van der Waals surface area contributed by atoms with Crippen LogP contribution in [0, 0.1) is 29.1 Å². The zero-order valence-electron chi connectivity index (χ0n) is 9.86. The smallest absolute Gasteiger partial charge is 0.261 e. The number of anilines is 1. The molecule has 1 heterocycles. The van der Waals surface area contributed by atoms with Crippen molar-refractivity contribution in [3.63, 3.8) is 0 Å². The first-order valence-corrected chi connectivity index (χ1v) is 5.64. The van der Waals surface area contributed by atoms with Crippen LogP contribution in [0.1, 0.15) is 10.4 Å². The molecule has 0 spiro atoms. The Balaban J connectivity index is 2.48. The maximum Gasteiger partial charge on any atom is 0.261 e. The summed E-state index contributed by atoms with van der Waals surface area (Å²) < 4.78 is 65.7. The second-order valence-electron chi connectivity index (χ2n) is 3.75. The molecule has 2 aromatic rings. The lowest BCUT2D eigenvalue weighted by molar-refractivity contribution is 0.101. The number of pyridine rings is 1. The van der Waals surface area contributed by atoms with E-state index < -0.39 is 40.6 Å². The molecule has 0 aliphatic heterocycles. The van der Waals surface area contributed by atoms with Gasteiger partial charge in [-0.15, -0.1) is 0 Å². The number of hydrogen-bond acceptors (Lipinski definition) is 2. The van der Waals surface area contributed by atoms with Crippen LogP contribution in [0.5, 0.6) is 0 Å². The van der Waals surface area contributed by atoms with Gasteiger partial charge in [0.1, 0.15) is 5.56 Å². The van der Waals surface area contributed by atoms with Gasteiger partial charge in [0.05, 0.1) is 16.9 Å². The second-order valence-corrected chi connectivity index (χ2v) is 4.16. The number of hydrogen-bond donors (Lipinski definition) is 1. The minimum atomic E-state index is -2.35. The fourth-order valence-electron chi connectivity index (χ4n) is 1.46. The number of halogens is 6. The van der Waals surface area contributed by atoms with Crippen molar-refractivity contribution in [2.75, 3.05) is 5.32 Å². The number of aromatic nitrogens is 1. The van der Waals surface area contributed by atoms with Crippen LogP contribution >= 0.6 is 11.6 Å². The minimum absolute atomic E-state index is 0.0257. The molecule has 9 heteroatoms. The van der Waals surface area contributed by atoms with Gasteiger partial charge in [0.25, 0.3) is 5.91 Å². The van der Waals surface area contributed by atoms with Gasteiger partial charge in [-0.3, -0.25) is 9.78 Å². The van der Waals surface area contributed by atoms with Gasteiger partial charge in [0, 0.05) is 6.20 Å². The normalized spacial score (nSPS) is 10.6. The molecule has 0 atom stereocenters. The number of carbonyl (C=O) groups excluding carboxylic acids is 1. The summed E-state index contributed by atoms with van der Waals surface area (Å²) in [4.78, 5) is 15.3. The molecule has 0 fully saturated rings. The van der Waals surface area contributed by atoms with Gasteiger partial charge in [-0.2, -0.15) is 0 Å². The molecule has 0 aliphatic carbocycles. The third-order valence-corrected chi connectivity index (χ3v) is 2.78. The molecule has 0 unspecified atom stereocenters. The molecular weight excluding hydrogens is 319 g/mol. The molecule has 1 amide bonds. The zero-order chi connectivity index (χ0) is 15.7. The van der Waals surface area contributed by atoms with E-state index in [9.17, 15) is 26.7 Å². The third kappa shape index (κ3) is 2.66. The van der Waals surface area contributed by atoms with Gasteiger partial charge in [-0.25, -0.2) is 22.0 Å². The van der Waals surface area contributed by atoms with Gasteiger partial charge in [0.15, 0.2) is 23.3 Å². The van der Waals surface area contributed by atoms with Crippen molar-refractivity contribution in [2.45, 2.75) is 0 Å². The van der Waals surface area contributed by atoms with Gasteiger partial charge < -0.3 is 5.32 Å². The van der Waals surface area contributed by atoms with E-state index in [1.165, 1.54) is 12.3 Å². The first kappa shape index (κ1) is 15.2. The molecule has 0 radical (unpaired) electrons. The van der Waals surface area contributed by atoms with E-state index in [1.54, 1.807) is 0 Å². The molecule has 1 N–H and O–H groups in total. The third-order valence-electron chi connectivity index (χ3n) is 2.45. The molecule has 3 nitrogen and oxygen atoms in total. The summed E-state index contributed by atoms with van der Waals surface area (Å²) in [6.07, 6.45) is 2.32. The summed E-state index contributed by atoms with van der Waals surface area (Å²) in [5, 5.41) is 1.89. The van der Waals surface area contributed by atoms with Gasteiger partial charge >= 0.3 is 0 Å². The Kier molecular flexibility index (Phi) is 4.08. The van der Waals surface area contributed by atoms with Crippen LogP contribution < -0.4 is 5.32 Å². The van der Waals surface area contributed by atoms with E-state index in [1.807, 2.05) is 5.32 Å². The van der Waals surface area contributed by atoms with Crippen LogP contribution in [0.3, 0.4) is 0 Å². The zero-order valence-corrected chi connectivity index (χ0v) is 10.6. The number of rotatable bonds is 2. The van der Waals surface area contributed by atoms with Crippen molar-refractivity contribution in [3.8, 4) is 0 Å². The Bertz CT molecular complexity index is 709. The van der Waals surface area contributed by atoms with E-state index >= 15 is 0 Å². The number of carbonyl (C=O) groups is 1. The monoisotopic (exact) mass is 322 g/mol. The average molecular weight is 323 g/mol. The highest BCUT2D eigenvalue weighted by atomic mass is 35.5. The van der Waals surface area contributed by atoms with Crippen LogP contribution in [0.4, 0.5) is 27.6 Å². The molecule has 1 aromatic carbocycles. The van der Waals surface area contributed by atoms with E-state index in [0.717, 1.165) is 6.20 Å². The highest BCUT2D eigenvalue weighted by Crippen LogP contribution is 2.25. The predicted molar refractivity (Wildman–Crippen MR) is 63.4 cm³/mol. The van der Waals surface area contributed by atoms with Gasteiger partial charge in [0.2, 0.25) is 5.82 Å². The maximum atomic E-state index is 13.4. The summed E-state index contributed by atoms with van der Waals surface area (Å²) in [5.74, 6) is -12.8. The Hall–Kier alpha value is -2.22. The van der Waals surface area contributed by atoms with E-state index in [-0.39, 0.29) is 10.7 Å². The average Bonchev–Trinajstić information content (AvgIpc) is 2.46. The number of nitrogens with zero attached hydrogens (tertiary/aromatic N) is 1. The summed E-state index contributed by atoms with van der Waals surface area (Å²) in [5.41, 5.74) is -1.75.